The van der Waals surface area contributed by atoms with Crippen LogP contribution in [0.15, 0.2) is 18.2 Å². The van der Waals surface area contributed by atoms with E-state index < -0.39 is 0 Å². The molecule has 1 heterocycles. The molecule has 0 radical (unpaired) electrons. The molecule has 1 aromatic rings. The van der Waals surface area contributed by atoms with Crippen LogP contribution in [0.2, 0.25) is 0 Å². The smallest absolute Gasteiger partial charge is 0.128 e. The number of benzene rings is 1. The van der Waals surface area contributed by atoms with Crippen LogP contribution >= 0.6 is 0 Å². The summed E-state index contributed by atoms with van der Waals surface area (Å²) in [7, 11) is 1.63. The molecule has 1 aliphatic heterocycles. The molecule has 1 N–H and O–H groups in total. The Labute approximate surface area is 96.7 Å². The molecule has 1 aliphatic rings. The minimum absolute atomic E-state index is 0.104. The monoisotopic (exact) mass is 221 g/mol. The lowest BCUT2D eigenvalue weighted by Gasteiger charge is -2.21. The van der Waals surface area contributed by atoms with Crippen LogP contribution in [0.3, 0.4) is 0 Å². The fourth-order valence-electron chi connectivity index (χ4n) is 2.08. The molecule has 3 nitrogen and oxygen atoms in total. The number of nitrogens with one attached hydrogen (secondary N) is 1. The lowest BCUT2D eigenvalue weighted by Crippen LogP contribution is -2.20. The van der Waals surface area contributed by atoms with E-state index in [1.54, 1.807) is 7.11 Å². The predicted molar refractivity (Wildman–Crippen MR) is 63.5 cm³/mol. The fourth-order valence-corrected chi connectivity index (χ4v) is 2.08. The molecule has 2 rings (SSSR count). The van der Waals surface area contributed by atoms with Gasteiger partial charge >= 0.3 is 0 Å². The highest BCUT2D eigenvalue weighted by molar-refractivity contribution is 5.48. The van der Waals surface area contributed by atoms with Gasteiger partial charge in [0.05, 0.1) is 13.2 Å². The van der Waals surface area contributed by atoms with E-state index in [4.69, 9.17) is 9.57 Å². The van der Waals surface area contributed by atoms with Gasteiger partial charge in [-0.25, -0.2) is 0 Å². The van der Waals surface area contributed by atoms with Crippen molar-refractivity contribution in [2.24, 2.45) is 0 Å². The third-order valence-corrected chi connectivity index (χ3v) is 2.88. The highest BCUT2D eigenvalue weighted by Gasteiger charge is 2.29. The average Bonchev–Trinajstić information content (AvgIpc) is 2.61. The number of hydroxylamine groups is 1. The third kappa shape index (κ3) is 1.93. The standard InChI is InChI=1S/C13H19NO2/c1-13(2,3)10-7-5-6-9-11(14-15-4)8-16-12(9)10/h5-7,11,14H,8H2,1-4H3. The van der Waals surface area contributed by atoms with Crippen LogP contribution in [0.5, 0.6) is 5.75 Å². The molecule has 88 valence electrons. The first kappa shape index (κ1) is 11.4. The average molecular weight is 221 g/mol. The topological polar surface area (TPSA) is 30.5 Å². The molecule has 0 aromatic heterocycles. The molecule has 1 atom stereocenters. The maximum atomic E-state index is 5.78. The Morgan fingerprint density at radius 1 is 1.38 bits per heavy atom. The third-order valence-electron chi connectivity index (χ3n) is 2.88. The van der Waals surface area contributed by atoms with Gasteiger partial charge in [-0.3, -0.25) is 0 Å². The van der Waals surface area contributed by atoms with Crippen LogP contribution in [-0.2, 0) is 10.3 Å². The molecule has 0 bridgehead atoms. The van der Waals surface area contributed by atoms with Gasteiger partial charge in [0.1, 0.15) is 12.4 Å². The van der Waals surface area contributed by atoms with Gasteiger partial charge in [0.2, 0.25) is 0 Å². The summed E-state index contributed by atoms with van der Waals surface area (Å²) < 4.78 is 5.78. The molecule has 0 fully saturated rings. The van der Waals surface area contributed by atoms with Crippen molar-refractivity contribution in [1.82, 2.24) is 5.48 Å². The first-order valence-corrected chi connectivity index (χ1v) is 5.58. The van der Waals surface area contributed by atoms with Gasteiger partial charge in [-0.05, 0) is 11.0 Å². The quantitative estimate of drug-likeness (QED) is 0.779. The van der Waals surface area contributed by atoms with E-state index in [2.05, 4.69) is 44.5 Å². The first-order chi connectivity index (χ1) is 7.54. The fraction of sp³-hybridized carbons (Fsp3) is 0.538. The summed E-state index contributed by atoms with van der Waals surface area (Å²) >= 11 is 0. The summed E-state index contributed by atoms with van der Waals surface area (Å²) in [5, 5.41) is 0. The van der Waals surface area contributed by atoms with E-state index in [0.29, 0.717) is 6.61 Å². The Bertz CT molecular complexity index is 382. The number of fused-ring (bicyclic) bond motifs is 1. The van der Waals surface area contributed by atoms with E-state index >= 15 is 0 Å². The molecule has 0 spiro atoms. The van der Waals surface area contributed by atoms with Crippen LogP contribution in [-0.4, -0.2) is 13.7 Å². The van der Waals surface area contributed by atoms with Gasteiger partial charge in [-0.2, -0.15) is 5.48 Å². The summed E-state index contributed by atoms with van der Waals surface area (Å²) in [6, 6.07) is 6.45. The molecule has 16 heavy (non-hydrogen) atoms. The zero-order valence-electron chi connectivity index (χ0n) is 10.3. The molecule has 3 heteroatoms. The van der Waals surface area contributed by atoms with E-state index in [1.807, 2.05) is 0 Å². The van der Waals surface area contributed by atoms with Crippen LogP contribution in [0.1, 0.15) is 37.9 Å². The summed E-state index contributed by atoms with van der Waals surface area (Å²) in [6.07, 6.45) is 0. The van der Waals surface area contributed by atoms with Crippen molar-refractivity contribution in [2.45, 2.75) is 32.2 Å². The van der Waals surface area contributed by atoms with Gasteiger partial charge < -0.3 is 9.57 Å². The largest absolute Gasteiger partial charge is 0.491 e. The van der Waals surface area contributed by atoms with Crippen molar-refractivity contribution in [3.63, 3.8) is 0 Å². The highest BCUT2D eigenvalue weighted by Crippen LogP contribution is 2.40. The van der Waals surface area contributed by atoms with Gasteiger partial charge in [0.15, 0.2) is 0 Å². The van der Waals surface area contributed by atoms with Gasteiger partial charge in [0.25, 0.3) is 0 Å². The zero-order chi connectivity index (χ0) is 11.8. The second kappa shape index (κ2) is 4.07. The first-order valence-electron chi connectivity index (χ1n) is 5.58. The van der Waals surface area contributed by atoms with Crippen LogP contribution in [0, 0.1) is 0 Å². The molecular formula is C13H19NO2. The van der Waals surface area contributed by atoms with E-state index in [9.17, 15) is 0 Å². The number of para-hydroxylation sites is 1. The molecule has 0 saturated heterocycles. The SMILES string of the molecule is CONC1COc2c1cccc2C(C)(C)C. The zero-order valence-corrected chi connectivity index (χ0v) is 10.3. The Kier molecular flexibility index (Phi) is 2.91. The second-order valence-corrected chi connectivity index (χ2v) is 5.16. The Hall–Kier alpha value is -1.06. The van der Waals surface area contributed by atoms with Gasteiger partial charge in [-0.1, -0.05) is 39.0 Å². The summed E-state index contributed by atoms with van der Waals surface area (Å²) in [5.74, 6) is 1.02. The number of hydrogen-bond donors (Lipinski definition) is 1. The lowest BCUT2D eigenvalue weighted by molar-refractivity contribution is 0.0535. The number of ether oxygens (including phenoxy) is 1. The second-order valence-electron chi connectivity index (χ2n) is 5.16. The molecule has 1 unspecified atom stereocenters. The number of hydrogen-bond acceptors (Lipinski definition) is 3. The van der Waals surface area contributed by atoms with Crippen molar-refractivity contribution in [3.8, 4) is 5.75 Å². The maximum absolute atomic E-state index is 5.78. The molecule has 0 amide bonds. The van der Waals surface area contributed by atoms with Gasteiger partial charge in [-0.15, -0.1) is 0 Å². The highest BCUT2D eigenvalue weighted by atomic mass is 16.6. The summed E-state index contributed by atoms with van der Waals surface area (Å²) in [6.45, 7) is 7.23. The molecule has 0 aliphatic carbocycles. The van der Waals surface area contributed by atoms with Crippen LogP contribution in [0.25, 0.3) is 0 Å². The van der Waals surface area contributed by atoms with E-state index in [0.717, 1.165) is 5.75 Å². The summed E-state index contributed by atoms with van der Waals surface area (Å²) in [5.41, 5.74) is 5.50. The van der Waals surface area contributed by atoms with Crippen molar-refractivity contribution < 1.29 is 9.57 Å². The maximum Gasteiger partial charge on any atom is 0.128 e. The lowest BCUT2D eigenvalue weighted by atomic mass is 9.85. The molecular weight excluding hydrogens is 202 g/mol. The van der Waals surface area contributed by atoms with Crippen molar-refractivity contribution in [2.75, 3.05) is 13.7 Å². The molecule has 0 saturated carbocycles. The minimum Gasteiger partial charge on any atom is -0.491 e. The molecule has 1 aromatic carbocycles. The van der Waals surface area contributed by atoms with E-state index in [-0.39, 0.29) is 11.5 Å². The minimum atomic E-state index is 0.104. The Morgan fingerprint density at radius 2 is 2.12 bits per heavy atom. The van der Waals surface area contributed by atoms with Crippen LogP contribution < -0.4 is 10.2 Å². The van der Waals surface area contributed by atoms with Gasteiger partial charge in [0, 0.05) is 5.56 Å². The van der Waals surface area contributed by atoms with Crippen molar-refractivity contribution in [1.29, 1.82) is 0 Å². The Morgan fingerprint density at radius 3 is 2.75 bits per heavy atom. The van der Waals surface area contributed by atoms with Crippen molar-refractivity contribution in [3.05, 3.63) is 29.3 Å². The summed E-state index contributed by atoms with van der Waals surface area (Å²) in [4.78, 5) is 4.98. The van der Waals surface area contributed by atoms with E-state index in [1.165, 1.54) is 11.1 Å². The predicted octanol–water partition coefficient (Wildman–Crippen LogP) is 2.57. The normalized spacial score (nSPS) is 19.4. The van der Waals surface area contributed by atoms with Crippen molar-refractivity contribution >= 4 is 0 Å². The van der Waals surface area contributed by atoms with Crippen LogP contribution in [0.4, 0.5) is 0 Å². The Balaban J connectivity index is 2.40. The number of rotatable bonds is 2.